The third kappa shape index (κ3) is 4.28. The first-order valence-electron chi connectivity index (χ1n) is 11.2. The third-order valence-corrected chi connectivity index (χ3v) is 6.60. The molecule has 1 aliphatic heterocycles. The molecular weight excluding hydrogens is 372 g/mol. The molecule has 2 aromatic carbocycles. The lowest BCUT2D eigenvalue weighted by Gasteiger charge is -2.32. The SMILES string of the molecule is CC(C)NC(=O)C1(Cc2cccc(-c3ccccc3)c2)CCN(C(=O)C2CCC2)C1. The van der Waals surface area contributed by atoms with E-state index >= 15 is 0 Å². The van der Waals surface area contributed by atoms with Gasteiger partial charge in [-0.1, -0.05) is 61.0 Å². The van der Waals surface area contributed by atoms with Crippen LogP contribution in [0.15, 0.2) is 54.6 Å². The standard InChI is InChI=1S/C26H32N2O2/c1-19(2)27-25(30)26(14-15-28(18-26)24(29)22-11-7-12-22)17-20-8-6-13-23(16-20)21-9-4-3-5-10-21/h3-6,8-10,13,16,19,22H,7,11-12,14-15,17-18H2,1-2H3,(H,27,30). The largest absolute Gasteiger partial charge is 0.353 e. The minimum Gasteiger partial charge on any atom is -0.353 e. The van der Waals surface area contributed by atoms with Crippen LogP contribution in [0.2, 0.25) is 0 Å². The molecule has 1 aliphatic carbocycles. The molecule has 2 aliphatic rings. The van der Waals surface area contributed by atoms with Crippen molar-refractivity contribution in [2.75, 3.05) is 13.1 Å². The third-order valence-electron chi connectivity index (χ3n) is 6.60. The number of nitrogens with zero attached hydrogens (tertiary/aromatic N) is 1. The Balaban J connectivity index is 1.58. The van der Waals surface area contributed by atoms with Crippen LogP contribution in [0.4, 0.5) is 0 Å². The van der Waals surface area contributed by atoms with Crippen molar-refractivity contribution in [3.05, 3.63) is 60.2 Å². The van der Waals surface area contributed by atoms with E-state index in [4.69, 9.17) is 0 Å². The molecule has 1 unspecified atom stereocenters. The molecule has 4 nitrogen and oxygen atoms in total. The zero-order valence-corrected chi connectivity index (χ0v) is 18.1. The normalized spacial score (nSPS) is 21.5. The molecule has 1 saturated heterocycles. The molecule has 1 atom stereocenters. The Labute approximate surface area is 179 Å². The van der Waals surface area contributed by atoms with E-state index in [0.717, 1.165) is 36.8 Å². The van der Waals surface area contributed by atoms with Crippen LogP contribution < -0.4 is 5.32 Å². The average molecular weight is 405 g/mol. The van der Waals surface area contributed by atoms with Crippen molar-refractivity contribution in [3.63, 3.8) is 0 Å². The van der Waals surface area contributed by atoms with Crippen molar-refractivity contribution in [2.45, 2.75) is 52.0 Å². The second-order valence-corrected chi connectivity index (χ2v) is 9.29. The fourth-order valence-corrected chi connectivity index (χ4v) is 4.68. The average Bonchev–Trinajstić information content (AvgIpc) is 3.12. The quantitative estimate of drug-likeness (QED) is 0.774. The van der Waals surface area contributed by atoms with Gasteiger partial charge in [-0.15, -0.1) is 0 Å². The Hall–Kier alpha value is -2.62. The summed E-state index contributed by atoms with van der Waals surface area (Å²) in [6.45, 7) is 5.19. The van der Waals surface area contributed by atoms with Crippen molar-refractivity contribution < 1.29 is 9.59 Å². The number of carbonyl (C=O) groups excluding carboxylic acids is 2. The maximum Gasteiger partial charge on any atom is 0.228 e. The summed E-state index contributed by atoms with van der Waals surface area (Å²) in [5, 5.41) is 3.13. The lowest BCUT2D eigenvalue weighted by molar-refractivity contribution is -0.138. The summed E-state index contributed by atoms with van der Waals surface area (Å²) in [6, 6.07) is 18.9. The lowest BCUT2D eigenvalue weighted by atomic mass is 9.79. The van der Waals surface area contributed by atoms with Crippen molar-refractivity contribution in [2.24, 2.45) is 11.3 Å². The van der Waals surface area contributed by atoms with Gasteiger partial charge >= 0.3 is 0 Å². The van der Waals surface area contributed by atoms with E-state index in [1.807, 2.05) is 36.9 Å². The van der Waals surface area contributed by atoms with Crippen molar-refractivity contribution in [1.82, 2.24) is 10.2 Å². The van der Waals surface area contributed by atoms with E-state index in [0.29, 0.717) is 19.5 Å². The van der Waals surface area contributed by atoms with Gasteiger partial charge in [-0.3, -0.25) is 9.59 Å². The van der Waals surface area contributed by atoms with Crippen LogP contribution in [-0.2, 0) is 16.0 Å². The predicted octanol–water partition coefficient (Wildman–Crippen LogP) is 4.44. The number of amides is 2. The number of likely N-dealkylation sites (tertiary alicyclic amines) is 1. The lowest BCUT2D eigenvalue weighted by Crippen LogP contribution is -2.48. The van der Waals surface area contributed by atoms with Crippen LogP contribution in [0.25, 0.3) is 11.1 Å². The summed E-state index contributed by atoms with van der Waals surface area (Å²) < 4.78 is 0. The van der Waals surface area contributed by atoms with Crippen LogP contribution in [0.1, 0.15) is 45.1 Å². The summed E-state index contributed by atoms with van der Waals surface area (Å²) in [6.07, 6.45) is 4.52. The van der Waals surface area contributed by atoms with Crippen molar-refractivity contribution >= 4 is 11.8 Å². The first-order chi connectivity index (χ1) is 14.5. The maximum atomic E-state index is 13.3. The number of nitrogens with one attached hydrogen (secondary N) is 1. The first kappa shape index (κ1) is 20.6. The number of rotatable bonds is 6. The molecule has 0 spiro atoms. The highest BCUT2D eigenvalue weighted by atomic mass is 16.2. The van der Waals surface area contributed by atoms with Gasteiger partial charge in [0.15, 0.2) is 0 Å². The van der Waals surface area contributed by atoms with Gasteiger partial charge in [-0.2, -0.15) is 0 Å². The number of carbonyl (C=O) groups is 2. The molecule has 2 aromatic rings. The van der Waals surface area contributed by atoms with E-state index in [-0.39, 0.29) is 23.8 Å². The van der Waals surface area contributed by atoms with E-state index in [1.165, 1.54) is 5.56 Å². The van der Waals surface area contributed by atoms with Crippen LogP contribution in [0.3, 0.4) is 0 Å². The summed E-state index contributed by atoms with van der Waals surface area (Å²) in [5.41, 5.74) is 2.92. The monoisotopic (exact) mass is 404 g/mol. The van der Waals surface area contributed by atoms with Crippen molar-refractivity contribution in [1.29, 1.82) is 0 Å². The van der Waals surface area contributed by atoms with Gasteiger partial charge in [0.05, 0.1) is 5.41 Å². The Kier molecular flexibility index (Phi) is 5.94. The first-order valence-corrected chi connectivity index (χ1v) is 11.2. The molecule has 0 aromatic heterocycles. The number of hydrogen-bond acceptors (Lipinski definition) is 2. The molecule has 1 saturated carbocycles. The number of hydrogen-bond donors (Lipinski definition) is 1. The van der Waals surface area contributed by atoms with E-state index in [1.54, 1.807) is 0 Å². The molecule has 30 heavy (non-hydrogen) atoms. The molecule has 2 amide bonds. The summed E-state index contributed by atoms with van der Waals surface area (Å²) in [7, 11) is 0. The van der Waals surface area contributed by atoms with Crippen LogP contribution >= 0.6 is 0 Å². The maximum absolute atomic E-state index is 13.3. The molecular formula is C26H32N2O2. The topological polar surface area (TPSA) is 49.4 Å². The zero-order valence-electron chi connectivity index (χ0n) is 18.1. The molecule has 0 bridgehead atoms. The van der Waals surface area contributed by atoms with Gasteiger partial charge in [-0.05, 0) is 56.2 Å². The van der Waals surface area contributed by atoms with Gasteiger partial charge in [0.1, 0.15) is 0 Å². The van der Waals surface area contributed by atoms with Crippen LogP contribution in [-0.4, -0.2) is 35.8 Å². The molecule has 2 fully saturated rings. The summed E-state index contributed by atoms with van der Waals surface area (Å²) in [4.78, 5) is 28.1. The second-order valence-electron chi connectivity index (χ2n) is 9.29. The smallest absolute Gasteiger partial charge is 0.228 e. The molecule has 158 valence electrons. The van der Waals surface area contributed by atoms with Crippen LogP contribution in [0, 0.1) is 11.3 Å². The highest BCUT2D eigenvalue weighted by molar-refractivity contribution is 5.86. The molecule has 1 N–H and O–H groups in total. The Morgan fingerprint density at radius 2 is 1.80 bits per heavy atom. The Bertz CT molecular complexity index is 904. The fourth-order valence-electron chi connectivity index (χ4n) is 4.68. The van der Waals surface area contributed by atoms with Crippen molar-refractivity contribution in [3.8, 4) is 11.1 Å². The molecule has 0 radical (unpaired) electrons. The van der Waals surface area contributed by atoms with Gasteiger partial charge in [0.25, 0.3) is 0 Å². The zero-order chi connectivity index (χ0) is 21.1. The second kappa shape index (κ2) is 8.63. The minimum atomic E-state index is -0.557. The van der Waals surface area contributed by atoms with Gasteiger partial charge in [-0.25, -0.2) is 0 Å². The van der Waals surface area contributed by atoms with Crippen LogP contribution in [0.5, 0.6) is 0 Å². The van der Waals surface area contributed by atoms with E-state index in [2.05, 4.69) is 41.7 Å². The summed E-state index contributed by atoms with van der Waals surface area (Å²) in [5.74, 6) is 0.500. The minimum absolute atomic E-state index is 0.0755. The highest BCUT2D eigenvalue weighted by Gasteiger charge is 2.47. The summed E-state index contributed by atoms with van der Waals surface area (Å²) >= 11 is 0. The number of benzene rings is 2. The van der Waals surface area contributed by atoms with E-state index < -0.39 is 5.41 Å². The van der Waals surface area contributed by atoms with E-state index in [9.17, 15) is 9.59 Å². The Morgan fingerprint density at radius 1 is 1.07 bits per heavy atom. The molecule has 4 heteroatoms. The van der Waals surface area contributed by atoms with Gasteiger partial charge < -0.3 is 10.2 Å². The van der Waals surface area contributed by atoms with Gasteiger partial charge in [0, 0.05) is 25.0 Å². The fraction of sp³-hybridized carbons (Fsp3) is 0.462. The van der Waals surface area contributed by atoms with Gasteiger partial charge in [0.2, 0.25) is 11.8 Å². The molecule has 4 rings (SSSR count). The Morgan fingerprint density at radius 3 is 2.47 bits per heavy atom. The highest BCUT2D eigenvalue weighted by Crippen LogP contribution is 2.38. The molecule has 1 heterocycles. The predicted molar refractivity (Wildman–Crippen MR) is 120 cm³/mol.